The Labute approximate surface area is 154 Å². The SMILES string of the molecule is NCC(=O)NC(CS)C(=O)NC(CCC(N)=O)C(=O)NC(CO)C(=O)O. The maximum Gasteiger partial charge on any atom is 0.328 e. The van der Waals surface area contributed by atoms with E-state index in [-0.39, 0.29) is 25.1 Å². The average molecular weight is 393 g/mol. The predicted octanol–water partition coefficient (Wildman–Crippen LogP) is -4.33. The van der Waals surface area contributed by atoms with Crippen molar-refractivity contribution in [2.45, 2.75) is 31.0 Å². The van der Waals surface area contributed by atoms with Gasteiger partial charge in [0, 0.05) is 12.2 Å². The van der Waals surface area contributed by atoms with Crippen molar-refractivity contribution in [3.05, 3.63) is 0 Å². The maximum absolute atomic E-state index is 12.2. The Hall–Kier alpha value is -2.38. The second-order valence-corrected chi connectivity index (χ2v) is 5.52. The normalized spacial score (nSPS) is 13.8. The number of hydrogen-bond acceptors (Lipinski definition) is 8. The molecular weight excluding hydrogens is 370 g/mol. The Bertz CT molecular complexity index is 545. The van der Waals surface area contributed by atoms with E-state index in [0.29, 0.717) is 0 Å². The fourth-order valence-electron chi connectivity index (χ4n) is 1.73. The number of thiol groups is 1. The van der Waals surface area contributed by atoms with Gasteiger partial charge in [-0.15, -0.1) is 0 Å². The number of carbonyl (C=O) groups excluding carboxylic acids is 4. The van der Waals surface area contributed by atoms with Gasteiger partial charge >= 0.3 is 5.97 Å². The molecule has 26 heavy (non-hydrogen) atoms. The van der Waals surface area contributed by atoms with Gasteiger partial charge in [0.05, 0.1) is 13.2 Å². The third-order valence-electron chi connectivity index (χ3n) is 3.13. The van der Waals surface area contributed by atoms with E-state index < -0.39 is 54.3 Å². The van der Waals surface area contributed by atoms with Crippen molar-refractivity contribution in [1.29, 1.82) is 0 Å². The molecule has 0 aromatic heterocycles. The summed E-state index contributed by atoms with van der Waals surface area (Å²) in [5, 5.41) is 24.4. The van der Waals surface area contributed by atoms with Gasteiger partial charge in [-0.25, -0.2) is 4.79 Å². The van der Waals surface area contributed by atoms with Gasteiger partial charge in [-0.3, -0.25) is 19.2 Å². The van der Waals surface area contributed by atoms with E-state index in [9.17, 15) is 24.0 Å². The number of aliphatic hydroxyl groups is 1. The molecule has 12 nitrogen and oxygen atoms in total. The first kappa shape index (κ1) is 23.6. The number of carboxylic acid groups (broad SMARTS) is 1. The number of carbonyl (C=O) groups is 5. The first-order valence-electron chi connectivity index (χ1n) is 7.49. The van der Waals surface area contributed by atoms with Crippen molar-refractivity contribution in [3.63, 3.8) is 0 Å². The summed E-state index contributed by atoms with van der Waals surface area (Å²) in [4.78, 5) is 57.5. The molecule has 13 heteroatoms. The van der Waals surface area contributed by atoms with E-state index in [1.165, 1.54) is 0 Å². The summed E-state index contributed by atoms with van der Waals surface area (Å²) < 4.78 is 0. The monoisotopic (exact) mass is 393 g/mol. The van der Waals surface area contributed by atoms with E-state index >= 15 is 0 Å². The fourth-order valence-corrected chi connectivity index (χ4v) is 1.99. The zero-order valence-corrected chi connectivity index (χ0v) is 14.7. The molecule has 0 aromatic carbocycles. The summed E-state index contributed by atoms with van der Waals surface area (Å²) in [6.45, 7) is -1.23. The molecule has 3 atom stereocenters. The van der Waals surface area contributed by atoms with Crippen LogP contribution in [0.25, 0.3) is 0 Å². The Morgan fingerprint density at radius 1 is 0.962 bits per heavy atom. The molecule has 0 rings (SSSR count). The highest BCUT2D eigenvalue weighted by atomic mass is 32.1. The van der Waals surface area contributed by atoms with Crippen LogP contribution in [-0.4, -0.2) is 76.8 Å². The highest BCUT2D eigenvalue weighted by Gasteiger charge is 2.28. The van der Waals surface area contributed by atoms with Gasteiger partial charge in [0.15, 0.2) is 0 Å². The molecule has 0 heterocycles. The summed E-state index contributed by atoms with van der Waals surface area (Å²) in [5.74, 6) is -4.67. The Balaban J connectivity index is 5.13. The minimum Gasteiger partial charge on any atom is -0.480 e. The predicted molar refractivity (Wildman–Crippen MR) is 91.8 cm³/mol. The van der Waals surface area contributed by atoms with Crippen molar-refractivity contribution >= 4 is 42.2 Å². The third-order valence-corrected chi connectivity index (χ3v) is 3.49. The van der Waals surface area contributed by atoms with Crippen LogP contribution in [0, 0.1) is 0 Å². The third kappa shape index (κ3) is 8.64. The van der Waals surface area contributed by atoms with Crippen molar-refractivity contribution in [2.24, 2.45) is 11.5 Å². The van der Waals surface area contributed by atoms with Crippen molar-refractivity contribution < 1.29 is 34.2 Å². The molecule has 4 amide bonds. The Morgan fingerprint density at radius 3 is 1.92 bits per heavy atom. The average Bonchev–Trinajstić information content (AvgIpc) is 2.59. The maximum atomic E-state index is 12.2. The zero-order valence-electron chi connectivity index (χ0n) is 13.8. The van der Waals surface area contributed by atoms with Gasteiger partial charge in [0.1, 0.15) is 18.1 Å². The van der Waals surface area contributed by atoms with Gasteiger partial charge in [0.25, 0.3) is 0 Å². The highest BCUT2D eigenvalue weighted by molar-refractivity contribution is 7.80. The van der Waals surface area contributed by atoms with Crippen LogP contribution in [0.15, 0.2) is 0 Å². The zero-order chi connectivity index (χ0) is 20.3. The molecule has 0 aromatic rings. The number of aliphatic hydroxyl groups excluding tert-OH is 1. The lowest BCUT2D eigenvalue weighted by Gasteiger charge is -2.23. The molecular formula is C13H23N5O7S. The largest absolute Gasteiger partial charge is 0.480 e. The van der Waals surface area contributed by atoms with Gasteiger partial charge in [-0.1, -0.05) is 0 Å². The van der Waals surface area contributed by atoms with Crippen LogP contribution < -0.4 is 27.4 Å². The lowest BCUT2D eigenvalue weighted by Crippen LogP contribution is -2.57. The van der Waals surface area contributed by atoms with Crippen molar-refractivity contribution in [2.75, 3.05) is 18.9 Å². The lowest BCUT2D eigenvalue weighted by molar-refractivity contribution is -0.143. The fraction of sp³-hybridized carbons (Fsp3) is 0.615. The summed E-state index contributed by atoms with van der Waals surface area (Å²) in [5.41, 5.74) is 10.2. The highest BCUT2D eigenvalue weighted by Crippen LogP contribution is 2.01. The number of carboxylic acids is 1. The number of hydrogen-bond donors (Lipinski definition) is 8. The molecule has 0 spiro atoms. The van der Waals surface area contributed by atoms with Gasteiger partial charge in [-0.2, -0.15) is 12.6 Å². The molecule has 3 unspecified atom stereocenters. The molecule has 9 N–H and O–H groups in total. The molecule has 0 aliphatic carbocycles. The van der Waals surface area contributed by atoms with Gasteiger partial charge < -0.3 is 37.6 Å². The van der Waals surface area contributed by atoms with Crippen LogP contribution in [0.2, 0.25) is 0 Å². The molecule has 0 aliphatic heterocycles. The standard InChI is InChI=1S/C13H23N5O7S/c14-3-10(21)16-8(5-26)12(23)17-6(1-2-9(15)20)11(22)18-7(4-19)13(24)25/h6-8,19,26H,1-5,14H2,(H2,15,20)(H,16,21)(H,17,23)(H,18,22)(H,24,25). The molecule has 0 saturated carbocycles. The first-order chi connectivity index (χ1) is 12.2. The Kier molecular flexibility index (Phi) is 10.9. The van der Waals surface area contributed by atoms with Crippen LogP contribution in [0.1, 0.15) is 12.8 Å². The minimum atomic E-state index is -1.59. The van der Waals surface area contributed by atoms with Crippen LogP contribution >= 0.6 is 12.6 Å². The van der Waals surface area contributed by atoms with Crippen LogP contribution in [0.4, 0.5) is 0 Å². The number of nitrogens with one attached hydrogen (secondary N) is 3. The summed E-state index contributed by atoms with van der Waals surface area (Å²) in [7, 11) is 0. The second kappa shape index (κ2) is 12.1. The van der Waals surface area contributed by atoms with E-state index in [1.807, 2.05) is 5.32 Å². The van der Waals surface area contributed by atoms with E-state index in [1.54, 1.807) is 0 Å². The number of rotatable bonds is 12. The molecule has 0 saturated heterocycles. The Morgan fingerprint density at radius 2 is 1.50 bits per heavy atom. The van der Waals surface area contributed by atoms with E-state index in [4.69, 9.17) is 21.7 Å². The van der Waals surface area contributed by atoms with Crippen molar-refractivity contribution in [1.82, 2.24) is 16.0 Å². The van der Waals surface area contributed by atoms with Gasteiger partial charge in [0.2, 0.25) is 23.6 Å². The van der Waals surface area contributed by atoms with Gasteiger partial charge in [-0.05, 0) is 6.42 Å². The molecule has 148 valence electrons. The van der Waals surface area contributed by atoms with Crippen LogP contribution in [0.3, 0.4) is 0 Å². The quantitative estimate of drug-likeness (QED) is 0.151. The number of nitrogens with two attached hydrogens (primary N) is 2. The topological polar surface area (TPSA) is 214 Å². The lowest BCUT2D eigenvalue weighted by atomic mass is 10.1. The summed E-state index contributed by atoms with van der Waals surface area (Å²) >= 11 is 3.92. The minimum absolute atomic E-state index is 0.101. The van der Waals surface area contributed by atoms with E-state index in [0.717, 1.165) is 0 Å². The molecule has 0 bridgehead atoms. The smallest absolute Gasteiger partial charge is 0.328 e. The van der Waals surface area contributed by atoms with E-state index in [2.05, 4.69) is 23.3 Å². The number of primary amides is 1. The number of aliphatic carboxylic acids is 1. The van der Waals surface area contributed by atoms with Crippen LogP contribution in [0.5, 0.6) is 0 Å². The van der Waals surface area contributed by atoms with Crippen LogP contribution in [-0.2, 0) is 24.0 Å². The summed E-state index contributed by atoms with van der Waals surface area (Å²) in [6.07, 6.45) is -0.481. The molecule has 0 fully saturated rings. The number of amides is 4. The molecule has 0 radical (unpaired) electrons. The summed E-state index contributed by atoms with van der Waals surface area (Å²) in [6, 6.07) is -4.01. The second-order valence-electron chi connectivity index (χ2n) is 5.15. The van der Waals surface area contributed by atoms with Crippen molar-refractivity contribution in [3.8, 4) is 0 Å². The first-order valence-corrected chi connectivity index (χ1v) is 8.12. The molecule has 0 aliphatic rings.